The molecular formula is As2O3. The van der Waals surface area contributed by atoms with Crippen LogP contribution in [0.3, 0.4) is 0 Å². The van der Waals surface area contributed by atoms with Gasteiger partial charge in [-0.25, -0.2) is 0 Å². The third-order valence-corrected chi connectivity index (χ3v) is 0. The van der Waals surface area contributed by atoms with E-state index in [1.165, 1.54) is 0 Å². The maximum absolute atomic E-state index is 0. The van der Waals surface area contributed by atoms with Gasteiger partial charge in [-0.05, 0) is 0 Å². The summed E-state index contributed by atoms with van der Waals surface area (Å²) in [6.45, 7) is 0. The fourth-order valence-electron chi connectivity index (χ4n) is 0. The average Bonchev–Trinajstić information content (AvgIpc) is 0. The Morgan fingerprint density at radius 1 is 0.400 bits per heavy atom. The molecule has 0 bridgehead atoms. The molecule has 0 aromatic rings. The SMILES string of the molecule is [As+3].[As+3].[O-2].[O-2].[O-2]. The molecule has 0 aliphatic rings. The monoisotopic (exact) mass is 198 g/mol. The predicted octanol–water partition coefficient (Wildman–Crippen LogP) is -1.12. The Morgan fingerprint density at radius 3 is 0.400 bits per heavy atom. The molecule has 0 fully saturated rings. The molecule has 0 N–H and O–H groups in total. The minimum atomic E-state index is 0. The van der Waals surface area contributed by atoms with Crippen LogP contribution in [0.15, 0.2) is 0 Å². The first-order valence-electron chi connectivity index (χ1n) is 0. The van der Waals surface area contributed by atoms with Crippen molar-refractivity contribution in [1.29, 1.82) is 0 Å². The van der Waals surface area contributed by atoms with Crippen molar-refractivity contribution >= 4 is 35.9 Å². The van der Waals surface area contributed by atoms with Gasteiger partial charge in [-0.1, -0.05) is 0 Å². The van der Waals surface area contributed by atoms with Gasteiger partial charge in [0.2, 0.25) is 0 Å². The third-order valence-electron chi connectivity index (χ3n) is 0. The van der Waals surface area contributed by atoms with Crippen LogP contribution >= 0.6 is 0 Å². The average molecular weight is 198 g/mol. The maximum Gasteiger partial charge on any atom is 3.00 e. The van der Waals surface area contributed by atoms with Gasteiger partial charge in [-0.3, -0.25) is 0 Å². The molecule has 5 heavy (non-hydrogen) atoms. The van der Waals surface area contributed by atoms with Crippen molar-refractivity contribution in [2.45, 2.75) is 0 Å². The van der Waals surface area contributed by atoms with E-state index in [1.54, 1.807) is 0 Å². The van der Waals surface area contributed by atoms with E-state index >= 15 is 0 Å². The molecule has 3 nitrogen and oxygen atoms in total. The predicted molar refractivity (Wildman–Crippen MR) is 13.6 cm³/mol. The van der Waals surface area contributed by atoms with Gasteiger partial charge in [0.1, 0.15) is 0 Å². The van der Waals surface area contributed by atoms with E-state index in [0.29, 0.717) is 0 Å². The van der Waals surface area contributed by atoms with Crippen molar-refractivity contribution < 1.29 is 16.4 Å². The van der Waals surface area contributed by atoms with Gasteiger partial charge in [0, 0.05) is 0 Å². The van der Waals surface area contributed by atoms with Gasteiger partial charge in [0.05, 0.1) is 0 Å². The summed E-state index contributed by atoms with van der Waals surface area (Å²) in [4.78, 5) is 0. The van der Waals surface area contributed by atoms with E-state index in [-0.39, 0.29) is 52.3 Å². The van der Waals surface area contributed by atoms with E-state index in [9.17, 15) is 0 Å². The Morgan fingerprint density at radius 2 is 0.400 bits per heavy atom. The topological polar surface area (TPSA) is 85.5 Å². The molecule has 5 heteroatoms. The zero-order valence-electron chi connectivity index (χ0n) is 2.12. The molecule has 0 aliphatic heterocycles. The molecular weight excluding hydrogens is 198 g/mol. The fourth-order valence-corrected chi connectivity index (χ4v) is 0. The third kappa shape index (κ3) is 45.2. The van der Waals surface area contributed by atoms with Crippen LogP contribution in [0.4, 0.5) is 0 Å². The summed E-state index contributed by atoms with van der Waals surface area (Å²) in [5.74, 6) is 0. The zero-order chi connectivity index (χ0) is 0. The van der Waals surface area contributed by atoms with Gasteiger partial charge in [-0.2, -0.15) is 0 Å². The van der Waals surface area contributed by atoms with Gasteiger partial charge in [-0.15, -0.1) is 0 Å². The quantitative estimate of drug-likeness (QED) is 0.441. The molecule has 0 saturated carbocycles. The van der Waals surface area contributed by atoms with Crippen molar-refractivity contribution in [1.82, 2.24) is 0 Å². The Kier molecular flexibility index (Phi) is 2420. The van der Waals surface area contributed by atoms with Crippen LogP contribution in [0, 0.1) is 0 Å². The molecule has 0 atom stereocenters. The van der Waals surface area contributed by atoms with Crippen molar-refractivity contribution in [3.8, 4) is 0 Å². The van der Waals surface area contributed by atoms with Crippen LogP contribution in [-0.4, -0.2) is 35.9 Å². The van der Waals surface area contributed by atoms with Crippen molar-refractivity contribution in [2.75, 3.05) is 0 Å². The Bertz CT molecular complexity index is 4.85. The van der Waals surface area contributed by atoms with E-state index < -0.39 is 0 Å². The van der Waals surface area contributed by atoms with E-state index in [1.807, 2.05) is 0 Å². The van der Waals surface area contributed by atoms with E-state index in [2.05, 4.69) is 0 Å². The maximum atomic E-state index is 0. The molecule has 0 spiro atoms. The molecule has 28 valence electrons. The number of hydrogen-bond acceptors (Lipinski definition) is 0. The molecule has 4 radical (unpaired) electrons. The van der Waals surface area contributed by atoms with Crippen LogP contribution in [0.25, 0.3) is 0 Å². The fraction of sp³-hybridized carbons (Fsp3) is 0. The number of hydrogen-bond donors (Lipinski definition) is 0. The van der Waals surface area contributed by atoms with Gasteiger partial charge in [0.15, 0.2) is 0 Å². The molecule has 0 heterocycles. The van der Waals surface area contributed by atoms with E-state index in [4.69, 9.17) is 0 Å². The zero-order valence-corrected chi connectivity index (χ0v) is 5.87. The minimum Gasteiger partial charge on any atom is -2.00 e. The molecule has 0 saturated heterocycles. The van der Waals surface area contributed by atoms with Crippen LogP contribution in [0.1, 0.15) is 0 Å². The first-order chi connectivity index (χ1) is 0. The van der Waals surface area contributed by atoms with E-state index in [0.717, 1.165) is 0 Å². The molecule has 0 aliphatic carbocycles. The normalized spacial score (nSPS) is 0. The van der Waals surface area contributed by atoms with Gasteiger partial charge >= 0.3 is 35.9 Å². The summed E-state index contributed by atoms with van der Waals surface area (Å²) < 4.78 is 0. The second-order valence-corrected chi connectivity index (χ2v) is 0. The van der Waals surface area contributed by atoms with Crippen LogP contribution < -0.4 is 0 Å². The van der Waals surface area contributed by atoms with Crippen LogP contribution in [0.5, 0.6) is 0 Å². The largest absolute Gasteiger partial charge is 3.00 e. The molecule has 0 aromatic heterocycles. The minimum absolute atomic E-state index is 0. The summed E-state index contributed by atoms with van der Waals surface area (Å²) in [6, 6.07) is 0. The summed E-state index contributed by atoms with van der Waals surface area (Å²) in [6.07, 6.45) is 0. The van der Waals surface area contributed by atoms with Crippen molar-refractivity contribution in [3.05, 3.63) is 0 Å². The Balaban J connectivity index is 0. The summed E-state index contributed by atoms with van der Waals surface area (Å²) in [7, 11) is 0. The van der Waals surface area contributed by atoms with Crippen molar-refractivity contribution in [2.24, 2.45) is 0 Å². The van der Waals surface area contributed by atoms with Crippen molar-refractivity contribution in [3.63, 3.8) is 0 Å². The first kappa shape index (κ1) is 151. The molecule has 0 unspecified atom stereocenters. The first-order valence-corrected chi connectivity index (χ1v) is 0. The second-order valence-electron chi connectivity index (χ2n) is 0. The standard InChI is InChI=1S/2As.3O/q2*+3;3*-2. The summed E-state index contributed by atoms with van der Waals surface area (Å²) in [5.41, 5.74) is 0. The second kappa shape index (κ2) is 80.3. The summed E-state index contributed by atoms with van der Waals surface area (Å²) >= 11 is 0. The van der Waals surface area contributed by atoms with Gasteiger partial charge in [0.25, 0.3) is 0 Å². The Hall–Kier alpha value is 0.997. The number of rotatable bonds is 0. The molecule has 0 rings (SSSR count). The Labute approximate surface area is 52.7 Å². The molecule has 0 amide bonds. The van der Waals surface area contributed by atoms with Crippen LogP contribution in [0.2, 0.25) is 0 Å². The smallest absolute Gasteiger partial charge is 2.00 e. The van der Waals surface area contributed by atoms with Crippen LogP contribution in [-0.2, 0) is 16.4 Å². The summed E-state index contributed by atoms with van der Waals surface area (Å²) in [5, 5.41) is 0. The molecule has 0 aromatic carbocycles. The van der Waals surface area contributed by atoms with Gasteiger partial charge < -0.3 is 16.4 Å².